The van der Waals surface area contributed by atoms with Gasteiger partial charge in [-0.05, 0) is 25.5 Å². The Morgan fingerprint density at radius 2 is 2.18 bits per heavy atom. The number of nitrogens with zero attached hydrogens (tertiary/aromatic N) is 1. The summed E-state index contributed by atoms with van der Waals surface area (Å²) >= 11 is 0. The molecule has 1 aromatic carbocycles. The summed E-state index contributed by atoms with van der Waals surface area (Å²) in [6.45, 7) is 9.69. The lowest BCUT2D eigenvalue weighted by Gasteiger charge is -2.25. The molecule has 0 spiro atoms. The van der Waals surface area contributed by atoms with E-state index in [1.807, 2.05) is 12.1 Å². The van der Waals surface area contributed by atoms with Crippen LogP contribution in [0.1, 0.15) is 25.0 Å². The molecule has 0 bridgehead atoms. The summed E-state index contributed by atoms with van der Waals surface area (Å²) in [7, 11) is 0. The topological polar surface area (TPSA) is 29.3 Å². The minimum Gasteiger partial charge on any atom is -0.326 e. The van der Waals surface area contributed by atoms with Crippen molar-refractivity contribution in [3.63, 3.8) is 0 Å². The predicted molar refractivity (Wildman–Crippen MR) is 70.0 cm³/mol. The molecule has 3 heteroatoms. The summed E-state index contributed by atoms with van der Waals surface area (Å²) in [6, 6.07) is 5.41. The molecule has 0 saturated heterocycles. The van der Waals surface area contributed by atoms with Gasteiger partial charge in [-0.25, -0.2) is 4.39 Å². The molecule has 2 N–H and O–H groups in total. The Morgan fingerprint density at radius 1 is 1.47 bits per heavy atom. The molecular weight excluding hydrogens is 215 g/mol. The van der Waals surface area contributed by atoms with E-state index >= 15 is 0 Å². The number of nitrogens with two attached hydrogens (primary N) is 1. The number of hydrogen-bond acceptors (Lipinski definition) is 2. The molecule has 0 aromatic heterocycles. The summed E-state index contributed by atoms with van der Waals surface area (Å²) in [5.41, 5.74) is 7.23. The molecule has 0 saturated carbocycles. The number of halogens is 1. The number of rotatable bonds is 6. The summed E-state index contributed by atoms with van der Waals surface area (Å²) in [6.07, 6.45) is 1.84. The molecule has 0 atom stereocenters. The molecule has 0 radical (unpaired) electrons. The molecule has 0 aliphatic rings. The van der Waals surface area contributed by atoms with Crippen LogP contribution < -0.4 is 5.73 Å². The zero-order valence-electron chi connectivity index (χ0n) is 10.6. The Morgan fingerprint density at radius 3 is 2.71 bits per heavy atom. The van der Waals surface area contributed by atoms with Gasteiger partial charge in [-0.15, -0.1) is 6.58 Å². The van der Waals surface area contributed by atoms with Gasteiger partial charge in [0.1, 0.15) is 5.82 Å². The van der Waals surface area contributed by atoms with Crippen LogP contribution in [0.4, 0.5) is 4.39 Å². The minimum absolute atomic E-state index is 0.170. The van der Waals surface area contributed by atoms with E-state index in [4.69, 9.17) is 5.73 Å². The van der Waals surface area contributed by atoms with E-state index in [1.54, 1.807) is 6.07 Å². The van der Waals surface area contributed by atoms with Gasteiger partial charge in [0.05, 0.1) is 0 Å². The van der Waals surface area contributed by atoms with Crippen molar-refractivity contribution in [1.82, 2.24) is 4.90 Å². The molecule has 0 aliphatic heterocycles. The molecule has 0 fully saturated rings. The fraction of sp³-hybridized carbons (Fsp3) is 0.429. The SMILES string of the molecule is C=CCN(Cc1cc(CN)ccc1F)C(C)C. The predicted octanol–water partition coefficient (Wildman–Crippen LogP) is 2.68. The maximum absolute atomic E-state index is 13.7. The van der Waals surface area contributed by atoms with Crippen molar-refractivity contribution in [2.24, 2.45) is 5.73 Å². The molecule has 2 nitrogen and oxygen atoms in total. The lowest BCUT2D eigenvalue weighted by atomic mass is 10.1. The second kappa shape index (κ2) is 6.52. The van der Waals surface area contributed by atoms with Crippen LogP contribution in [0.3, 0.4) is 0 Å². The zero-order chi connectivity index (χ0) is 12.8. The third-order valence-corrected chi connectivity index (χ3v) is 2.81. The third-order valence-electron chi connectivity index (χ3n) is 2.81. The first-order chi connectivity index (χ1) is 8.08. The van der Waals surface area contributed by atoms with Gasteiger partial charge in [-0.1, -0.05) is 18.2 Å². The molecule has 17 heavy (non-hydrogen) atoms. The second-order valence-corrected chi connectivity index (χ2v) is 4.44. The summed E-state index contributed by atoms with van der Waals surface area (Å²) in [4.78, 5) is 2.16. The highest BCUT2D eigenvalue weighted by atomic mass is 19.1. The fourth-order valence-electron chi connectivity index (χ4n) is 1.72. The standard InChI is InChI=1S/C14H21FN2/c1-4-7-17(11(2)3)10-13-8-12(9-16)5-6-14(13)15/h4-6,8,11H,1,7,9-10,16H2,2-3H3. The quantitative estimate of drug-likeness (QED) is 0.769. The van der Waals surface area contributed by atoms with E-state index in [-0.39, 0.29) is 5.82 Å². The van der Waals surface area contributed by atoms with E-state index in [0.29, 0.717) is 24.7 Å². The van der Waals surface area contributed by atoms with Crippen LogP contribution in [0, 0.1) is 5.82 Å². The number of benzene rings is 1. The maximum Gasteiger partial charge on any atom is 0.127 e. The van der Waals surface area contributed by atoms with Crippen molar-refractivity contribution in [3.8, 4) is 0 Å². The first-order valence-electron chi connectivity index (χ1n) is 5.90. The molecule has 0 aliphatic carbocycles. The Kier molecular flexibility index (Phi) is 5.32. The first-order valence-corrected chi connectivity index (χ1v) is 5.90. The molecule has 94 valence electrons. The smallest absolute Gasteiger partial charge is 0.127 e. The highest BCUT2D eigenvalue weighted by Gasteiger charge is 2.11. The summed E-state index contributed by atoms with van der Waals surface area (Å²) in [5, 5.41) is 0. The van der Waals surface area contributed by atoms with Crippen molar-refractivity contribution >= 4 is 0 Å². The molecular formula is C14H21FN2. The highest BCUT2D eigenvalue weighted by Crippen LogP contribution is 2.14. The normalized spacial score (nSPS) is 11.2. The van der Waals surface area contributed by atoms with Crippen LogP contribution in [0.25, 0.3) is 0 Å². The van der Waals surface area contributed by atoms with Gasteiger partial charge >= 0.3 is 0 Å². The lowest BCUT2D eigenvalue weighted by molar-refractivity contribution is 0.234. The minimum atomic E-state index is -0.170. The molecule has 0 amide bonds. The van der Waals surface area contributed by atoms with Gasteiger partial charge in [0, 0.05) is 31.2 Å². The van der Waals surface area contributed by atoms with E-state index in [1.165, 1.54) is 6.07 Å². The van der Waals surface area contributed by atoms with E-state index in [2.05, 4.69) is 25.3 Å². The largest absolute Gasteiger partial charge is 0.326 e. The van der Waals surface area contributed by atoms with Gasteiger partial charge < -0.3 is 5.73 Å². The van der Waals surface area contributed by atoms with Gasteiger partial charge in [0.2, 0.25) is 0 Å². The molecule has 1 rings (SSSR count). The third kappa shape index (κ3) is 3.95. The van der Waals surface area contributed by atoms with Crippen molar-refractivity contribution in [3.05, 3.63) is 47.8 Å². The Hall–Kier alpha value is -1.19. The Bertz CT molecular complexity index is 374. The molecule has 0 heterocycles. The van der Waals surface area contributed by atoms with E-state index in [9.17, 15) is 4.39 Å². The van der Waals surface area contributed by atoms with Crippen molar-refractivity contribution < 1.29 is 4.39 Å². The van der Waals surface area contributed by atoms with Crippen LogP contribution in [0.2, 0.25) is 0 Å². The van der Waals surface area contributed by atoms with Gasteiger partial charge in [-0.3, -0.25) is 4.90 Å². The fourth-order valence-corrected chi connectivity index (χ4v) is 1.72. The summed E-state index contributed by atoms with van der Waals surface area (Å²) < 4.78 is 13.7. The Labute approximate surface area is 103 Å². The average molecular weight is 236 g/mol. The van der Waals surface area contributed by atoms with Crippen molar-refractivity contribution in [1.29, 1.82) is 0 Å². The van der Waals surface area contributed by atoms with Crippen LogP contribution in [-0.2, 0) is 13.1 Å². The lowest BCUT2D eigenvalue weighted by Crippen LogP contribution is -2.30. The van der Waals surface area contributed by atoms with Crippen molar-refractivity contribution in [2.75, 3.05) is 6.54 Å². The average Bonchev–Trinajstić information content (AvgIpc) is 2.31. The van der Waals surface area contributed by atoms with Crippen LogP contribution in [0.15, 0.2) is 30.9 Å². The second-order valence-electron chi connectivity index (χ2n) is 4.44. The van der Waals surface area contributed by atoms with Gasteiger partial charge in [-0.2, -0.15) is 0 Å². The van der Waals surface area contributed by atoms with Gasteiger partial charge in [0.25, 0.3) is 0 Å². The Balaban J connectivity index is 2.87. The van der Waals surface area contributed by atoms with Crippen molar-refractivity contribution in [2.45, 2.75) is 33.0 Å². The van der Waals surface area contributed by atoms with Crippen LogP contribution in [-0.4, -0.2) is 17.5 Å². The summed E-state index contributed by atoms with van der Waals surface area (Å²) in [5.74, 6) is -0.170. The zero-order valence-corrected chi connectivity index (χ0v) is 10.6. The van der Waals surface area contributed by atoms with E-state index < -0.39 is 0 Å². The highest BCUT2D eigenvalue weighted by molar-refractivity contribution is 5.25. The van der Waals surface area contributed by atoms with Crippen LogP contribution >= 0.6 is 0 Å². The maximum atomic E-state index is 13.7. The monoisotopic (exact) mass is 236 g/mol. The van der Waals surface area contributed by atoms with E-state index in [0.717, 1.165) is 12.1 Å². The molecule has 0 unspecified atom stereocenters. The molecule has 1 aromatic rings. The number of hydrogen-bond donors (Lipinski definition) is 1. The van der Waals surface area contributed by atoms with Gasteiger partial charge in [0.15, 0.2) is 0 Å². The van der Waals surface area contributed by atoms with Crippen LogP contribution in [0.5, 0.6) is 0 Å². The first kappa shape index (κ1) is 13.9.